The molecule has 3 rings (SSSR count). The first-order valence-corrected chi connectivity index (χ1v) is 9.60. The van der Waals surface area contributed by atoms with Gasteiger partial charge in [0.25, 0.3) is 0 Å². The number of hydrogen-bond acceptors (Lipinski definition) is 5. The minimum Gasteiger partial charge on any atom is -0.302 e. The normalized spacial score (nSPS) is 12.3. The van der Waals surface area contributed by atoms with Crippen LogP contribution in [0.15, 0.2) is 46.9 Å². The van der Waals surface area contributed by atoms with E-state index in [1.165, 1.54) is 11.8 Å². The van der Waals surface area contributed by atoms with Gasteiger partial charge >= 0.3 is 0 Å². The number of nitrogens with zero attached hydrogens (tertiary/aromatic N) is 3. The fourth-order valence-electron chi connectivity index (χ4n) is 2.41. The second kappa shape index (κ2) is 7.32. The Balaban J connectivity index is 1.80. The van der Waals surface area contributed by atoms with Gasteiger partial charge in [0.15, 0.2) is 16.8 Å². The predicted octanol–water partition coefficient (Wildman–Crippen LogP) is 4.70. The van der Waals surface area contributed by atoms with E-state index in [1.807, 2.05) is 55.6 Å². The SMILES string of the molecule is CCn1c(S[C@@H](C)C(=O)c2ccc(C)cc2)nnc1-c1cccs1. The van der Waals surface area contributed by atoms with Gasteiger partial charge in [-0.05, 0) is 32.2 Å². The lowest BCUT2D eigenvalue weighted by molar-refractivity contribution is 0.0994. The third-order valence-electron chi connectivity index (χ3n) is 3.76. The van der Waals surface area contributed by atoms with E-state index in [0.717, 1.165) is 33.5 Å². The Morgan fingerprint density at radius 3 is 2.62 bits per heavy atom. The highest BCUT2D eigenvalue weighted by Gasteiger charge is 2.21. The summed E-state index contributed by atoms with van der Waals surface area (Å²) in [6.07, 6.45) is 0. The van der Waals surface area contributed by atoms with Crippen molar-refractivity contribution in [2.24, 2.45) is 0 Å². The largest absolute Gasteiger partial charge is 0.302 e. The Morgan fingerprint density at radius 1 is 1.25 bits per heavy atom. The molecule has 0 radical (unpaired) electrons. The molecular weight excluding hydrogens is 338 g/mol. The van der Waals surface area contributed by atoms with Crippen LogP contribution in [0.4, 0.5) is 0 Å². The van der Waals surface area contributed by atoms with Gasteiger partial charge in [0.05, 0.1) is 10.1 Å². The van der Waals surface area contributed by atoms with E-state index in [4.69, 9.17) is 0 Å². The van der Waals surface area contributed by atoms with Crippen molar-refractivity contribution >= 4 is 28.9 Å². The topological polar surface area (TPSA) is 47.8 Å². The lowest BCUT2D eigenvalue weighted by Crippen LogP contribution is -2.14. The number of Topliss-reactive ketones (excluding diaryl/α,β-unsaturated/α-hetero) is 1. The molecule has 1 atom stereocenters. The maximum atomic E-state index is 12.6. The van der Waals surface area contributed by atoms with E-state index in [2.05, 4.69) is 21.7 Å². The van der Waals surface area contributed by atoms with Gasteiger partial charge < -0.3 is 4.57 Å². The van der Waals surface area contributed by atoms with Crippen molar-refractivity contribution in [2.45, 2.75) is 37.7 Å². The van der Waals surface area contributed by atoms with E-state index in [-0.39, 0.29) is 11.0 Å². The first-order chi connectivity index (χ1) is 11.6. The Bertz CT molecular complexity index is 823. The van der Waals surface area contributed by atoms with Crippen molar-refractivity contribution in [1.82, 2.24) is 14.8 Å². The van der Waals surface area contributed by atoms with Crippen LogP contribution in [0, 0.1) is 6.92 Å². The molecule has 2 aromatic heterocycles. The van der Waals surface area contributed by atoms with Crippen LogP contribution >= 0.6 is 23.1 Å². The molecule has 3 aromatic rings. The molecule has 0 aliphatic heterocycles. The lowest BCUT2D eigenvalue weighted by atomic mass is 10.1. The molecule has 0 saturated carbocycles. The van der Waals surface area contributed by atoms with Crippen LogP contribution in [-0.4, -0.2) is 25.8 Å². The molecular formula is C18H19N3OS2. The molecule has 6 heteroatoms. The van der Waals surface area contributed by atoms with Gasteiger partial charge in [-0.1, -0.05) is 47.7 Å². The number of aromatic nitrogens is 3. The van der Waals surface area contributed by atoms with Gasteiger partial charge in [-0.3, -0.25) is 4.79 Å². The van der Waals surface area contributed by atoms with Crippen LogP contribution in [0.1, 0.15) is 29.8 Å². The summed E-state index contributed by atoms with van der Waals surface area (Å²) < 4.78 is 2.06. The first-order valence-electron chi connectivity index (χ1n) is 7.84. The molecule has 0 N–H and O–H groups in total. The van der Waals surface area contributed by atoms with Crippen molar-refractivity contribution in [2.75, 3.05) is 0 Å². The number of carbonyl (C=O) groups is 1. The van der Waals surface area contributed by atoms with Crippen LogP contribution < -0.4 is 0 Å². The van der Waals surface area contributed by atoms with Crippen LogP contribution in [0.5, 0.6) is 0 Å². The van der Waals surface area contributed by atoms with Crippen molar-refractivity contribution in [3.63, 3.8) is 0 Å². The van der Waals surface area contributed by atoms with Gasteiger partial charge in [-0.25, -0.2) is 0 Å². The summed E-state index contributed by atoms with van der Waals surface area (Å²) in [5.41, 5.74) is 1.89. The summed E-state index contributed by atoms with van der Waals surface area (Å²) in [6.45, 7) is 6.78. The van der Waals surface area contributed by atoms with Crippen molar-refractivity contribution < 1.29 is 4.79 Å². The summed E-state index contributed by atoms with van der Waals surface area (Å²) in [6, 6.07) is 11.7. The quantitative estimate of drug-likeness (QED) is 0.474. The molecule has 0 fully saturated rings. The lowest BCUT2D eigenvalue weighted by Gasteiger charge is -2.11. The van der Waals surface area contributed by atoms with Gasteiger partial charge in [0, 0.05) is 12.1 Å². The van der Waals surface area contributed by atoms with E-state index in [1.54, 1.807) is 11.3 Å². The highest BCUT2D eigenvalue weighted by molar-refractivity contribution is 8.00. The Kier molecular flexibility index (Phi) is 5.16. The van der Waals surface area contributed by atoms with Crippen LogP contribution in [0.25, 0.3) is 10.7 Å². The minimum atomic E-state index is -0.210. The molecule has 2 heterocycles. The Morgan fingerprint density at radius 2 is 2.00 bits per heavy atom. The van der Waals surface area contributed by atoms with Crippen LogP contribution in [-0.2, 0) is 6.54 Å². The molecule has 24 heavy (non-hydrogen) atoms. The zero-order chi connectivity index (χ0) is 17.1. The highest BCUT2D eigenvalue weighted by atomic mass is 32.2. The monoisotopic (exact) mass is 357 g/mol. The second-order valence-electron chi connectivity index (χ2n) is 5.52. The van der Waals surface area contributed by atoms with E-state index in [0.29, 0.717) is 0 Å². The summed E-state index contributed by atoms with van der Waals surface area (Å²) in [7, 11) is 0. The molecule has 0 aliphatic rings. The number of hydrogen-bond donors (Lipinski definition) is 0. The maximum absolute atomic E-state index is 12.6. The van der Waals surface area contributed by atoms with Gasteiger partial charge in [0.2, 0.25) is 0 Å². The van der Waals surface area contributed by atoms with E-state index in [9.17, 15) is 4.79 Å². The molecule has 0 aliphatic carbocycles. The molecule has 4 nitrogen and oxygen atoms in total. The van der Waals surface area contributed by atoms with Crippen molar-refractivity contribution in [3.8, 4) is 10.7 Å². The Labute approximate surface area is 149 Å². The maximum Gasteiger partial charge on any atom is 0.192 e. The molecule has 0 bridgehead atoms. The molecule has 0 amide bonds. The smallest absolute Gasteiger partial charge is 0.192 e. The summed E-state index contributed by atoms with van der Waals surface area (Å²) in [5, 5.41) is 11.2. The zero-order valence-electron chi connectivity index (χ0n) is 13.9. The standard InChI is InChI=1S/C18H19N3OS2/c1-4-21-17(15-6-5-11-23-15)19-20-18(21)24-13(3)16(22)14-9-7-12(2)8-10-14/h5-11,13H,4H2,1-3H3/t13-/m0/s1. The third-order valence-corrected chi connectivity index (χ3v) is 5.71. The van der Waals surface area contributed by atoms with Gasteiger partial charge in [0.1, 0.15) is 0 Å². The Hall–Kier alpha value is -1.92. The summed E-state index contributed by atoms with van der Waals surface area (Å²) in [4.78, 5) is 13.7. The highest BCUT2D eigenvalue weighted by Crippen LogP contribution is 2.30. The molecule has 124 valence electrons. The zero-order valence-corrected chi connectivity index (χ0v) is 15.5. The van der Waals surface area contributed by atoms with E-state index >= 15 is 0 Å². The molecule has 0 spiro atoms. The van der Waals surface area contributed by atoms with E-state index < -0.39 is 0 Å². The average molecular weight is 358 g/mol. The fraction of sp³-hybridized carbons (Fsp3) is 0.278. The summed E-state index contributed by atoms with van der Waals surface area (Å²) in [5.74, 6) is 0.980. The second-order valence-corrected chi connectivity index (χ2v) is 7.77. The number of thioether (sulfide) groups is 1. The first kappa shape index (κ1) is 16.9. The third kappa shape index (κ3) is 3.44. The minimum absolute atomic E-state index is 0.114. The molecule has 1 aromatic carbocycles. The van der Waals surface area contributed by atoms with Crippen molar-refractivity contribution in [1.29, 1.82) is 0 Å². The number of rotatable bonds is 6. The number of aryl methyl sites for hydroxylation is 1. The number of thiophene rings is 1. The fourth-order valence-corrected chi connectivity index (χ4v) is 4.12. The van der Waals surface area contributed by atoms with Crippen molar-refractivity contribution in [3.05, 3.63) is 52.9 Å². The number of ketones is 1. The number of benzene rings is 1. The molecule has 0 unspecified atom stereocenters. The summed E-state index contributed by atoms with van der Waals surface area (Å²) >= 11 is 3.11. The van der Waals surface area contributed by atoms with Gasteiger partial charge in [-0.2, -0.15) is 0 Å². The van der Waals surface area contributed by atoms with Gasteiger partial charge in [-0.15, -0.1) is 21.5 Å². The van der Waals surface area contributed by atoms with Crippen LogP contribution in [0.3, 0.4) is 0 Å². The van der Waals surface area contributed by atoms with Crippen LogP contribution in [0.2, 0.25) is 0 Å². The molecule has 0 saturated heterocycles. The average Bonchev–Trinajstić information content (AvgIpc) is 3.23. The number of carbonyl (C=O) groups excluding carboxylic acids is 1. The predicted molar refractivity (Wildman–Crippen MR) is 99.8 cm³/mol.